The Balaban J connectivity index is 3.70. The lowest BCUT2D eigenvalue weighted by Gasteiger charge is -2.04. The third kappa shape index (κ3) is 7.30. The SMILES string of the molecule is CC(=CC(=O)NCCO)NCCO. The average Bonchev–Trinajstić information content (AvgIpc) is 2.11. The molecular formula is C8H16N2O3. The number of hydrogen-bond donors (Lipinski definition) is 4. The molecule has 0 bridgehead atoms. The first kappa shape index (κ1) is 11.9. The van der Waals surface area contributed by atoms with Crippen LogP contribution >= 0.6 is 0 Å². The molecule has 4 N–H and O–H groups in total. The summed E-state index contributed by atoms with van der Waals surface area (Å²) < 4.78 is 0. The number of amides is 1. The number of nitrogens with one attached hydrogen (secondary N) is 2. The fourth-order valence-electron chi connectivity index (χ4n) is 0.731. The number of allylic oxidation sites excluding steroid dienone is 1. The van der Waals surface area contributed by atoms with E-state index in [0.717, 1.165) is 0 Å². The van der Waals surface area contributed by atoms with E-state index in [1.54, 1.807) is 6.92 Å². The van der Waals surface area contributed by atoms with Crippen LogP contribution in [0.3, 0.4) is 0 Å². The predicted molar refractivity (Wildman–Crippen MR) is 48.9 cm³/mol. The summed E-state index contributed by atoms with van der Waals surface area (Å²) in [6, 6.07) is 0. The van der Waals surface area contributed by atoms with Crippen molar-refractivity contribution in [3.05, 3.63) is 11.8 Å². The molecule has 0 fully saturated rings. The molecule has 0 saturated carbocycles. The van der Waals surface area contributed by atoms with E-state index in [9.17, 15) is 4.79 Å². The summed E-state index contributed by atoms with van der Waals surface area (Å²) in [7, 11) is 0. The Morgan fingerprint density at radius 1 is 1.23 bits per heavy atom. The molecule has 0 aromatic heterocycles. The smallest absolute Gasteiger partial charge is 0.245 e. The van der Waals surface area contributed by atoms with Crippen molar-refractivity contribution >= 4 is 5.91 Å². The van der Waals surface area contributed by atoms with Crippen LogP contribution < -0.4 is 10.6 Å². The summed E-state index contributed by atoms with van der Waals surface area (Å²) in [5, 5.41) is 22.2. The third-order valence-corrected chi connectivity index (χ3v) is 1.27. The summed E-state index contributed by atoms with van der Waals surface area (Å²) in [6.45, 7) is 2.37. The van der Waals surface area contributed by atoms with Gasteiger partial charge in [0, 0.05) is 24.9 Å². The molecule has 0 aliphatic carbocycles. The third-order valence-electron chi connectivity index (χ3n) is 1.27. The molecule has 0 atom stereocenters. The molecule has 0 aromatic rings. The lowest BCUT2D eigenvalue weighted by atomic mass is 10.4. The lowest BCUT2D eigenvalue weighted by molar-refractivity contribution is -0.116. The maximum absolute atomic E-state index is 11.0. The Bertz CT molecular complexity index is 180. The van der Waals surface area contributed by atoms with Crippen LogP contribution in [0.15, 0.2) is 11.8 Å². The number of carbonyl (C=O) groups excluding carboxylic acids is 1. The molecule has 0 heterocycles. The van der Waals surface area contributed by atoms with Crippen LogP contribution in [-0.4, -0.2) is 42.4 Å². The minimum atomic E-state index is -0.253. The van der Waals surface area contributed by atoms with Gasteiger partial charge < -0.3 is 20.8 Å². The van der Waals surface area contributed by atoms with Gasteiger partial charge in [0.2, 0.25) is 5.91 Å². The number of hydrogen-bond acceptors (Lipinski definition) is 4. The zero-order chi connectivity index (χ0) is 10.1. The highest BCUT2D eigenvalue weighted by Crippen LogP contribution is 1.84. The molecule has 0 aliphatic heterocycles. The van der Waals surface area contributed by atoms with Gasteiger partial charge in [-0.05, 0) is 6.92 Å². The number of aliphatic hydroxyl groups excluding tert-OH is 2. The molecule has 0 radical (unpaired) electrons. The van der Waals surface area contributed by atoms with E-state index < -0.39 is 0 Å². The quantitative estimate of drug-likeness (QED) is 0.386. The van der Waals surface area contributed by atoms with Crippen molar-refractivity contribution < 1.29 is 15.0 Å². The first-order chi connectivity index (χ1) is 6.20. The Morgan fingerprint density at radius 3 is 2.31 bits per heavy atom. The highest BCUT2D eigenvalue weighted by atomic mass is 16.3. The monoisotopic (exact) mass is 188 g/mol. The second kappa shape index (κ2) is 7.57. The molecule has 0 aromatic carbocycles. The van der Waals surface area contributed by atoms with Crippen molar-refractivity contribution in [1.82, 2.24) is 10.6 Å². The van der Waals surface area contributed by atoms with Crippen molar-refractivity contribution in [2.45, 2.75) is 6.92 Å². The van der Waals surface area contributed by atoms with Gasteiger partial charge in [-0.15, -0.1) is 0 Å². The standard InChI is InChI=1S/C8H16N2O3/c1-7(9-2-4-11)6-8(13)10-3-5-12/h6,9,11-12H,2-5H2,1H3,(H,10,13). The van der Waals surface area contributed by atoms with Gasteiger partial charge in [0.05, 0.1) is 13.2 Å². The topological polar surface area (TPSA) is 81.6 Å². The maximum atomic E-state index is 11.0. The zero-order valence-corrected chi connectivity index (χ0v) is 7.71. The summed E-state index contributed by atoms with van der Waals surface area (Å²) in [6.07, 6.45) is 1.38. The number of carbonyl (C=O) groups is 1. The normalized spacial score (nSPS) is 11.2. The van der Waals surface area contributed by atoms with Crippen LogP contribution in [-0.2, 0) is 4.79 Å². The van der Waals surface area contributed by atoms with Crippen LogP contribution in [0.1, 0.15) is 6.92 Å². The van der Waals surface area contributed by atoms with Gasteiger partial charge in [-0.25, -0.2) is 0 Å². The van der Waals surface area contributed by atoms with Gasteiger partial charge in [-0.1, -0.05) is 0 Å². The predicted octanol–water partition coefficient (Wildman–Crippen LogP) is -1.42. The minimum Gasteiger partial charge on any atom is -0.395 e. The highest BCUT2D eigenvalue weighted by Gasteiger charge is 1.95. The Kier molecular flexibility index (Phi) is 6.95. The fourth-order valence-corrected chi connectivity index (χ4v) is 0.731. The van der Waals surface area contributed by atoms with Crippen LogP contribution in [0.4, 0.5) is 0 Å². The van der Waals surface area contributed by atoms with Crippen molar-refractivity contribution in [2.75, 3.05) is 26.3 Å². The molecule has 13 heavy (non-hydrogen) atoms. The van der Waals surface area contributed by atoms with Gasteiger partial charge in [-0.2, -0.15) is 0 Å². The molecule has 0 unspecified atom stereocenters. The number of aliphatic hydroxyl groups is 2. The van der Waals surface area contributed by atoms with Crippen LogP contribution in [0.2, 0.25) is 0 Å². The summed E-state index contributed by atoms with van der Waals surface area (Å²) in [5.74, 6) is -0.253. The second-order valence-corrected chi connectivity index (χ2v) is 2.49. The van der Waals surface area contributed by atoms with Gasteiger partial charge in [-0.3, -0.25) is 4.79 Å². The van der Waals surface area contributed by atoms with Crippen molar-refractivity contribution in [1.29, 1.82) is 0 Å². The summed E-state index contributed by atoms with van der Waals surface area (Å²) in [4.78, 5) is 11.0. The molecule has 5 heteroatoms. The molecule has 0 rings (SSSR count). The zero-order valence-electron chi connectivity index (χ0n) is 7.71. The van der Waals surface area contributed by atoms with Gasteiger partial charge in [0.1, 0.15) is 0 Å². The van der Waals surface area contributed by atoms with Crippen molar-refractivity contribution in [2.24, 2.45) is 0 Å². The van der Waals surface area contributed by atoms with Gasteiger partial charge in [0.15, 0.2) is 0 Å². The van der Waals surface area contributed by atoms with Crippen molar-refractivity contribution in [3.63, 3.8) is 0 Å². The Labute approximate surface area is 77.5 Å². The van der Waals surface area contributed by atoms with Gasteiger partial charge in [0.25, 0.3) is 0 Å². The van der Waals surface area contributed by atoms with Crippen LogP contribution in [0.5, 0.6) is 0 Å². The van der Waals surface area contributed by atoms with Crippen LogP contribution in [0.25, 0.3) is 0 Å². The highest BCUT2D eigenvalue weighted by molar-refractivity contribution is 5.87. The molecule has 1 amide bonds. The molecule has 5 nitrogen and oxygen atoms in total. The Hall–Kier alpha value is -1.07. The van der Waals surface area contributed by atoms with E-state index in [0.29, 0.717) is 12.2 Å². The number of rotatable bonds is 6. The van der Waals surface area contributed by atoms with E-state index >= 15 is 0 Å². The van der Waals surface area contributed by atoms with Gasteiger partial charge >= 0.3 is 0 Å². The molecular weight excluding hydrogens is 172 g/mol. The van der Waals surface area contributed by atoms with E-state index in [1.165, 1.54) is 6.08 Å². The van der Waals surface area contributed by atoms with E-state index in [-0.39, 0.29) is 25.7 Å². The molecule has 0 saturated heterocycles. The summed E-state index contributed by atoms with van der Waals surface area (Å²) in [5.41, 5.74) is 0.685. The average molecular weight is 188 g/mol. The summed E-state index contributed by atoms with van der Waals surface area (Å²) >= 11 is 0. The van der Waals surface area contributed by atoms with Crippen LogP contribution in [0, 0.1) is 0 Å². The Morgan fingerprint density at radius 2 is 1.77 bits per heavy atom. The first-order valence-corrected chi connectivity index (χ1v) is 4.12. The van der Waals surface area contributed by atoms with Crippen molar-refractivity contribution in [3.8, 4) is 0 Å². The van der Waals surface area contributed by atoms with E-state index in [4.69, 9.17) is 10.2 Å². The second-order valence-electron chi connectivity index (χ2n) is 2.49. The first-order valence-electron chi connectivity index (χ1n) is 4.12. The molecule has 0 aliphatic rings. The van der Waals surface area contributed by atoms with E-state index in [1.807, 2.05) is 0 Å². The largest absolute Gasteiger partial charge is 0.395 e. The fraction of sp³-hybridized carbons (Fsp3) is 0.625. The van der Waals surface area contributed by atoms with E-state index in [2.05, 4.69) is 10.6 Å². The lowest BCUT2D eigenvalue weighted by Crippen LogP contribution is -2.26. The molecule has 0 spiro atoms. The molecule has 76 valence electrons. The minimum absolute atomic E-state index is 0.0312. The maximum Gasteiger partial charge on any atom is 0.245 e.